The fraction of sp³-hybridized carbons (Fsp3) is 0.538. The maximum atomic E-state index is 13.8. The number of nitrogens with zero attached hydrogens (tertiary/aromatic N) is 2. The zero-order valence-electron chi connectivity index (χ0n) is 12.2. The third-order valence-electron chi connectivity index (χ3n) is 3.53. The minimum absolute atomic E-state index is 0.140. The van der Waals surface area contributed by atoms with Crippen LogP contribution in [0, 0.1) is 5.82 Å². The van der Waals surface area contributed by atoms with Gasteiger partial charge in [0.2, 0.25) is 0 Å². The number of nitrogens with two attached hydrogens (primary N) is 1. The second-order valence-corrected chi connectivity index (χ2v) is 7.49. The minimum atomic E-state index is -3.73. The van der Waals surface area contributed by atoms with E-state index in [-0.39, 0.29) is 49.5 Å². The molecule has 1 saturated heterocycles. The Bertz CT molecular complexity index is 609. The average molecular weight is 352 g/mol. The number of hydrogen-bond acceptors (Lipinski definition) is 4. The highest BCUT2D eigenvalue weighted by molar-refractivity contribution is 7.86. The van der Waals surface area contributed by atoms with Gasteiger partial charge in [-0.3, -0.25) is 0 Å². The molecule has 1 aliphatic heterocycles. The largest absolute Gasteiger partial charge is 0.374 e. The summed E-state index contributed by atoms with van der Waals surface area (Å²) in [6.07, 6.45) is -0.325. The van der Waals surface area contributed by atoms with Crippen molar-refractivity contribution in [2.45, 2.75) is 12.6 Å². The van der Waals surface area contributed by atoms with Crippen molar-refractivity contribution in [3.63, 3.8) is 0 Å². The molecule has 0 aromatic heterocycles. The molecule has 1 aromatic rings. The molecule has 0 bridgehead atoms. The standard InChI is InChI=1S/C13H19ClFN3O3S/c1-17(9-11-12(14)3-2-4-13(11)15)22(19,20)18-5-6-21-10(7-16)8-18/h2-4,10H,5-9,16H2,1H3. The van der Waals surface area contributed by atoms with Gasteiger partial charge in [0.15, 0.2) is 0 Å². The first-order valence-electron chi connectivity index (χ1n) is 6.82. The molecule has 9 heteroatoms. The Hall–Kier alpha value is -0.770. The molecule has 2 N–H and O–H groups in total. The Morgan fingerprint density at radius 1 is 1.55 bits per heavy atom. The van der Waals surface area contributed by atoms with E-state index in [2.05, 4.69) is 0 Å². The van der Waals surface area contributed by atoms with Crippen molar-refractivity contribution in [2.75, 3.05) is 33.3 Å². The molecule has 124 valence electrons. The molecule has 6 nitrogen and oxygen atoms in total. The van der Waals surface area contributed by atoms with Crippen LogP contribution in [0.2, 0.25) is 5.02 Å². The van der Waals surface area contributed by atoms with E-state index in [0.717, 1.165) is 4.31 Å². The molecule has 0 amide bonds. The normalized spacial score (nSPS) is 20.5. The van der Waals surface area contributed by atoms with E-state index in [1.165, 1.54) is 29.6 Å². The first kappa shape index (κ1) is 17.6. The van der Waals surface area contributed by atoms with Gasteiger partial charge in [0.1, 0.15) is 5.82 Å². The molecular formula is C13H19ClFN3O3S. The molecule has 1 aromatic carbocycles. The van der Waals surface area contributed by atoms with Crippen LogP contribution in [0.1, 0.15) is 5.56 Å². The summed E-state index contributed by atoms with van der Waals surface area (Å²) in [6, 6.07) is 4.25. The Labute approximate surface area is 134 Å². The van der Waals surface area contributed by atoms with Crippen LogP contribution < -0.4 is 5.73 Å². The summed E-state index contributed by atoms with van der Waals surface area (Å²) >= 11 is 5.94. The van der Waals surface area contributed by atoms with Crippen molar-refractivity contribution in [1.29, 1.82) is 0 Å². The van der Waals surface area contributed by atoms with Gasteiger partial charge in [-0.1, -0.05) is 17.7 Å². The first-order chi connectivity index (χ1) is 10.4. The summed E-state index contributed by atoms with van der Waals surface area (Å²) in [6.45, 7) is 0.825. The van der Waals surface area contributed by atoms with Crippen LogP contribution in [0.15, 0.2) is 18.2 Å². The molecule has 1 atom stereocenters. The summed E-state index contributed by atoms with van der Waals surface area (Å²) in [5, 5.41) is 0.198. The van der Waals surface area contributed by atoms with E-state index in [4.69, 9.17) is 22.1 Å². The number of morpholine rings is 1. The topological polar surface area (TPSA) is 75.9 Å². The Balaban J connectivity index is 2.15. The second kappa shape index (κ2) is 7.20. The van der Waals surface area contributed by atoms with Gasteiger partial charge in [0.05, 0.1) is 12.7 Å². The highest BCUT2D eigenvalue weighted by atomic mass is 35.5. The summed E-state index contributed by atoms with van der Waals surface area (Å²) in [7, 11) is -2.34. The van der Waals surface area contributed by atoms with E-state index < -0.39 is 16.0 Å². The number of ether oxygens (including phenoxy) is 1. The van der Waals surface area contributed by atoms with Gasteiger partial charge >= 0.3 is 0 Å². The number of benzene rings is 1. The summed E-state index contributed by atoms with van der Waals surface area (Å²) in [5.41, 5.74) is 5.67. The van der Waals surface area contributed by atoms with Crippen LogP contribution in [-0.2, 0) is 21.5 Å². The van der Waals surface area contributed by atoms with E-state index in [0.29, 0.717) is 0 Å². The number of hydrogen-bond donors (Lipinski definition) is 1. The third kappa shape index (κ3) is 3.76. The average Bonchev–Trinajstić information content (AvgIpc) is 2.50. The van der Waals surface area contributed by atoms with E-state index in [1.807, 2.05) is 0 Å². The highest BCUT2D eigenvalue weighted by Crippen LogP contribution is 2.22. The lowest BCUT2D eigenvalue weighted by atomic mass is 10.2. The zero-order valence-corrected chi connectivity index (χ0v) is 13.8. The van der Waals surface area contributed by atoms with Gasteiger partial charge in [-0.2, -0.15) is 17.0 Å². The van der Waals surface area contributed by atoms with Crippen LogP contribution in [0.4, 0.5) is 4.39 Å². The lowest BCUT2D eigenvalue weighted by molar-refractivity contribution is 0.00287. The molecule has 2 rings (SSSR count). The van der Waals surface area contributed by atoms with Gasteiger partial charge in [-0.05, 0) is 12.1 Å². The predicted molar refractivity (Wildman–Crippen MR) is 82.2 cm³/mol. The van der Waals surface area contributed by atoms with Gasteiger partial charge in [0, 0.05) is 43.8 Å². The zero-order chi connectivity index (χ0) is 16.3. The van der Waals surface area contributed by atoms with E-state index in [1.54, 1.807) is 0 Å². The van der Waals surface area contributed by atoms with Crippen LogP contribution in [-0.4, -0.2) is 56.4 Å². The lowest BCUT2D eigenvalue weighted by Gasteiger charge is -2.34. The summed E-state index contributed by atoms with van der Waals surface area (Å²) in [5.74, 6) is -0.531. The molecule has 0 spiro atoms. The Kier molecular flexibility index (Phi) is 5.76. The van der Waals surface area contributed by atoms with Crippen LogP contribution in [0.5, 0.6) is 0 Å². The van der Waals surface area contributed by atoms with Crippen molar-refractivity contribution in [3.05, 3.63) is 34.6 Å². The Morgan fingerprint density at radius 2 is 2.27 bits per heavy atom. The van der Waals surface area contributed by atoms with Gasteiger partial charge < -0.3 is 10.5 Å². The van der Waals surface area contributed by atoms with Gasteiger partial charge in [-0.15, -0.1) is 0 Å². The van der Waals surface area contributed by atoms with Crippen LogP contribution in [0.25, 0.3) is 0 Å². The Morgan fingerprint density at radius 3 is 2.91 bits per heavy atom. The van der Waals surface area contributed by atoms with Crippen molar-refractivity contribution < 1.29 is 17.5 Å². The van der Waals surface area contributed by atoms with E-state index >= 15 is 0 Å². The quantitative estimate of drug-likeness (QED) is 0.852. The predicted octanol–water partition coefficient (Wildman–Crippen LogP) is 0.815. The molecule has 1 heterocycles. The van der Waals surface area contributed by atoms with Gasteiger partial charge in [0.25, 0.3) is 10.2 Å². The van der Waals surface area contributed by atoms with Crippen molar-refractivity contribution in [2.24, 2.45) is 5.73 Å². The number of rotatable bonds is 5. The fourth-order valence-corrected chi connectivity index (χ4v) is 3.80. The minimum Gasteiger partial charge on any atom is -0.374 e. The number of halogens is 2. The van der Waals surface area contributed by atoms with Crippen molar-refractivity contribution >= 4 is 21.8 Å². The monoisotopic (exact) mass is 351 g/mol. The maximum Gasteiger partial charge on any atom is 0.282 e. The molecular weight excluding hydrogens is 333 g/mol. The van der Waals surface area contributed by atoms with Crippen molar-refractivity contribution in [3.8, 4) is 0 Å². The van der Waals surface area contributed by atoms with Crippen LogP contribution >= 0.6 is 11.6 Å². The SMILES string of the molecule is CN(Cc1c(F)cccc1Cl)S(=O)(=O)N1CCOC(CN)C1. The molecule has 1 unspecified atom stereocenters. The van der Waals surface area contributed by atoms with E-state index in [9.17, 15) is 12.8 Å². The highest BCUT2D eigenvalue weighted by Gasteiger charge is 2.32. The smallest absolute Gasteiger partial charge is 0.282 e. The van der Waals surface area contributed by atoms with Crippen LogP contribution in [0.3, 0.4) is 0 Å². The van der Waals surface area contributed by atoms with Crippen molar-refractivity contribution in [1.82, 2.24) is 8.61 Å². The lowest BCUT2D eigenvalue weighted by Crippen LogP contribution is -2.51. The molecule has 0 radical (unpaired) electrons. The summed E-state index contributed by atoms with van der Waals surface area (Å²) in [4.78, 5) is 0. The molecule has 1 aliphatic rings. The maximum absolute atomic E-state index is 13.8. The molecule has 22 heavy (non-hydrogen) atoms. The fourth-order valence-electron chi connectivity index (χ4n) is 2.23. The second-order valence-electron chi connectivity index (χ2n) is 5.05. The third-order valence-corrected chi connectivity index (χ3v) is 5.78. The molecule has 0 aliphatic carbocycles. The first-order valence-corrected chi connectivity index (χ1v) is 8.59. The molecule has 0 saturated carbocycles. The summed E-state index contributed by atoms with van der Waals surface area (Å²) < 4.78 is 46.7. The molecule has 1 fully saturated rings. The van der Waals surface area contributed by atoms with Gasteiger partial charge in [-0.25, -0.2) is 4.39 Å².